The molecule has 0 spiro atoms. The number of hydrogen-bond donors (Lipinski definition) is 2. The number of H-pyrrole nitrogens is 1. The maximum Gasteiger partial charge on any atom is 0.223 e. The number of aromatic amines is 1. The molecule has 0 aromatic carbocycles. The Labute approximate surface area is 147 Å². The summed E-state index contributed by atoms with van der Waals surface area (Å²) in [6, 6.07) is 0.482. The number of imidazole rings is 1. The second-order valence-electron chi connectivity index (χ2n) is 7.33. The zero-order valence-electron chi connectivity index (χ0n) is 14.9. The lowest BCUT2D eigenvalue weighted by Crippen LogP contribution is -2.47. The number of amides is 1. The molecule has 1 saturated heterocycles. The zero-order valence-corrected chi connectivity index (χ0v) is 14.9. The Bertz CT molecular complexity index is 746. The highest BCUT2D eigenvalue weighted by atomic mass is 16.2. The molecule has 3 heterocycles. The molecule has 1 aliphatic heterocycles. The number of carbonyl (C=O) groups is 1. The van der Waals surface area contributed by atoms with Gasteiger partial charge in [0.25, 0.3) is 0 Å². The molecule has 2 aliphatic rings. The first-order valence-corrected chi connectivity index (χ1v) is 9.13. The van der Waals surface area contributed by atoms with E-state index in [1.165, 1.54) is 5.56 Å². The molecule has 2 aromatic rings. The van der Waals surface area contributed by atoms with Crippen LogP contribution < -0.4 is 5.32 Å². The first kappa shape index (κ1) is 16.3. The zero-order chi connectivity index (χ0) is 17.4. The predicted molar refractivity (Wildman–Crippen MR) is 93.6 cm³/mol. The molecule has 1 amide bonds. The van der Waals surface area contributed by atoms with Gasteiger partial charge in [0.15, 0.2) is 0 Å². The van der Waals surface area contributed by atoms with Crippen LogP contribution in [0.1, 0.15) is 48.8 Å². The molecule has 2 aromatic heterocycles. The van der Waals surface area contributed by atoms with Crippen molar-refractivity contribution >= 4 is 5.91 Å². The summed E-state index contributed by atoms with van der Waals surface area (Å²) in [6.45, 7) is 3.70. The Hall–Kier alpha value is -2.15. The standard InChI is InChI=1S/C18H26N6O/c1-12-9-21-22-15(12)11-19-10-13-3-6-16(25)24(14-4-5-14)17(13)18-20-7-8-23(18)2/h7-9,13-14,17,19H,3-6,10-11H2,1-2H3,(H,21,22)/t13-,17+/m1/s1. The normalized spacial score (nSPS) is 24.1. The fourth-order valence-electron chi connectivity index (χ4n) is 3.91. The van der Waals surface area contributed by atoms with E-state index < -0.39 is 0 Å². The molecule has 25 heavy (non-hydrogen) atoms. The summed E-state index contributed by atoms with van der Waals surface area (Å²) in [5, 5.41) is 10.7. The number of aromatic nitrogens is 4. The van der Waals surface area contributed by atoms with Gasteiger partial charge in [-0.05, 0) is 37.7 Å². The summed E-state index contributed by atoms with van der Waals surface area (Å²) in [7, 11) is 2.02. The molecule has 2 atom stereocenters. The molecule has 0 bridgehead atoms. The van der Waals surface area contributed by atoms with E-state index in [2.05, 4.69) is 36.9 Å². The average molecular weight is 342 g/mol. The van der Waals surface area contributed by atoms with Crippen molar-refractivity contribution in [3.8, 4) is 0 Å². The fraction of sp³-hybridized carbons (Fsp3) is 0.611. The van der Waals surface area contributed by atoms with Crippen LogP contribution in [0, 0.1) is 12.8 Å². The maximum atomic E-state index is 12.6. The first-order chi connectivity index (χ1) is 12.1. The highest BCUT2D eigenvalue weighted by molar-refractivity contribution is 5.78. The van der Waals surface area contributed by atoms with Crippen LogP contribution in [0.4, 0.5) is 0 Å². The van der Waals surface area contributed by atoms with Gasteiger partial charge in [0.05, 0.1) is 17.9 Å². The Balaban J connectivity index is 1.51. The largest absolute Gasteiger partial charge is 0.336 e. The molecule has 4 rings (SSSR count). The molecule has 134 valence electrons. The second kappa shape index (κ2) is 6.63. The van der Waals surface area contributed by atoms with Crippen molar-refractivity contribution in [3.05, 3.63) is 35.7 Å². The number of piperidine rings is 1. The second-order valence-corrected chi connectivity index (χ2v) is 7.33. The van der Waals surface area contributed by atoms with E-state index in [4.69, 9.17) is 0 Å². The van der Waals surface area contributed by atoms with Gasteiger partial charge >= 0.3 is 0 Å². The minimum absolute atomic E-state index is 0.0733. The van der Waals surface area contributed by atoms with Crippen LogP contribution in [0.3, 0.4) is 0 Å². The van der Waals surface area contributed by atoms with Crippen molar-refractivity contribution in [3.63, 3.8) is 0 Å². The van der Waals surface area contributed by atoms with Gasteiger partial charge in [-0.1, -0.05) is 0 Å². The number of nitrogens with one attached hydrogen (secondary N) is 2. The van der Waals surface area contributed by atoms with Crippen LogP contribution in [-0.2, 0) is 18.4 Å². The summed E-state index contributed by atoms with van der Waals surface area (Å²) in [5.41, 5.74) is 2.30. The third-order valence-corrected chi connectivity index (χ3v) is 5.47. The van der Waals surface area contributed by atoms with Crippen LogP contribution in [0.15, 0.2) is 18.6 Å². The van der Waals surface area contributed by atoms with Crippen LogP contribution in [0.5, 0.6) is 0 Å². The Morgan fingerprint density at radius 3 is 2.84 bits per heavy atom. The molecule has 1 saturated carbocycles. The Kier molecular flexibility index (Phi) is 4.33. The Morgan fingerprint density at radius 2 is 2.20 bits per heavy atom. The fourth-order valence-corrected chi connectivity index (χ4v) is 3.91. The van der Waals surface area contributed by atoms with E-state index in [0.717, 1.165) is 43.9 Å². The molecule has 0 radical (unpaired) electrons. The summed E-state index contributed by atoms with van der Waals surface area (Å²) < 4.78 is 2.06. The summed E-state index contributed by atoms with van der Waals surface area (Å²) in [6.07, 6.45) is 9.46. The van der Waals surface area contributed by atoms with E-state index in [0.29, 0.717) is 18.4 Å². The van der Waals surface area contributed by atoms with E-state index in [1.54, 1.807) is 0 Å². The van der Waals surface area contributed by atoms with Crippen molar-refractivity contribution in [2.24, 2.45) is 13.0 Å². The van der Waals surface area contributed by atoms with Gasteiger partial charge in [-0.25, -0.2) is 4.98 Å². The van der Waals surface area contributed by atoms with E-state index in [-0.39, 0.29) is 11.9 Å². The molecule has 1 aliphatic carbocycles. The van der Waals surface area contributed by atoms with E-state index in [1.807, 2.05) is 25.6 Å². The van der Waals surface area contributed by atoms with E-state index in [9.17, 15) is 4.79 Å². The lowest BCUT2D eigenvalue weighted by atomic mass is 9.87. The minimum Gasteiger partial charge on any atom is -0.336 e. The van der Waals surface area contributed by atoms with Crippen LogP contribution in [0.25, 0.3) is 0 Å². The van der Waals surface area contributed by atoms with Gasteiger partial charge < -0.3 is 14.8 Å². The van der Waals surface area contributed by atoms with E-state index >= 15 is 0 Å². The summed E-state index contributed by atoms with van der Waals surface area (Å²) in [5.74, 6) is 1.67. The minimum atomic E-state index is 0.0733. The third kappa shape index (κ3) is 3.20. The third-order valence-electron chi connectivity index (χ3n) is 5.47. The van der Waals surface area contributed by atoms with Crippen molar-refractivity contribution in [1.29, 1.82) is 0 Å². The van der Waals surface area contributed by atoms with Gasteiger partial charge in [0.2, 0.25) is 5.91 Å². The SMILES string of the molecule is Cc1cn[nH]c1CNC[C@H]1CCC(=O)N(C2CC2)[C@@H]1c1nccn1C. The molecule has 7 nitrogen and oxygen atoms in total. The summed E-state index contributed by atoms with van der Waals surface area (Å²) >= 11 is 0. The maximum absolute atomic E-state index is 12.6. The number of aryl methyl sites for hydroxylation is 2. The topological polar surface area (TPSA) is 78.8 Å². The Morgan fingerprint density at radius 1 is 1.36 bits per heavy atom. The molecule has 0 unspecified atom stereocenters. The van der Waals surface area contributed by atoms with Gasteiger partial charge in [-0.3, -0.25) is 9.89 Å². The highest BCUT2D eigenvalue weighted by Crippen LogP contribution is 2.42. The van der Waals surface area contributed by atoms with Crippen molar-refractivity contribution in [1.82, 2.24) is 30.0 Å². The van der Waals surface area contributed by atoms with Crippen molar-refractivity contribution in [2.45, 2.75) is 51.2 Å². The quantitative estimate of drug-likeness (QED) is 0.837. The van der Waals surface area contributed by atoms with Crippen LogP contribution in [-0.4, -0.2) is 43.1 Å². The molecule has 7 heteroatoms. The molecule has 2 fully saturated rings. The van der Waals surface area contributed by atoms with Gasteiger partial charge in [0.1, 0.15) is 5.82 Å². The van der Waals surface area contributed by atoms with Crippen molar-refractivity contribution in [2.75, 3.05) is 6.54 Å². The van der Waals surface area contributed by atoms with Gasteiger partial charge in [-0.15, -0.1) is 0 Å². The number of nitrogens with zero attached hydrogens (tertiary/aromatic N) is 4. The van der Waals surface area contributed by atoms with Gasteiger partial charge in [-0.2, -0.15) is 5.10 Å². The molecule has 2 N–H and O–H groups in total. The number of hydrogen-bond acceptors (Lipinski definition) is 4. The van der Waals surface area contributed by atoms with Gasteiger partial charge in [0, 0.05) is 45.0 Å². The predicted octanol–water partition coefficient (Wildman–Crippen LogP) is 1.68. The average Bonchev–Trinajstić information content (AvgIpc) is 3.22. The highest BCUT2D eigenvalue weighted by Gasteiger charge is 2.45. The number of carbonyl (C=O) groups excluding carboxylic acids is 1. The lowest BCUT2D eigenvalue weighted by Gasteiger charge is -2.41. The summed E-state index contributed by atoms with van der Waals surface area (Å²) in [4.78, 5) is 19.3. The molecular weight excluding hydrogens is 316 g/mol. The monoisotopic (exact) mass is 342 g/mol. The van der Waals surface area contributed by atoms with Crippen molar-refractivity contribution < 1.29 is 4.79 Å². The number of rotatable bonds is 6. The van der Waals surface area contributed by atoms with Crippen LogP contribution in [0.2, 0.25) is 0 Å². The molecular formula is C18H26N6O. The van der Waals surface area contributed by atoms with Crippen LogP contribution >= 0.6 is 0 Å². The lowest BCUT2D eigenvalue weighted by molar-refractivity contribution is -0.140. The smallest absolute Gasteiger partial charge is 0.223 e. The number of likely N-dealkylation sites (tertiary alicyclic amines) is 1. The first-order valence-electron chi connectivity index (χ1n) is 9.13.